The van der Waals surface area contributed by atoms with Crippen molar-refractivity contribution in [3.05, 3.63) is 108 Å². The summed E-state index contributed by atoms with van der Waals surface area (Å²) in [5, 5.41) is 0. The minimum absolute atomic E-state index is 1.26. The Bertz CT molecular complexity index is 1010. The molecule has 0 fully saturated rings. The van der Waals surface area contributed by atoms with Gasteiger partial charge in [0, 0.05) is 0 Å². The van der Waals surface area contributed by atoms with Gasteiger partial charge >= 0.3 is 0 Å². The summed E-state index contributed by atoms with van der Waals surface area (Å²) < 4.78 is 0. The van der Waals surface area contributed by atoms with E-state index >= 15 is 0 Å². The van der Waals surface area contributed by atoms with Gasteiger partial charge < -0.3 is 0 Å². The molecular weight excluding hydrogens is 312 g/mol. The van der Waals surface area contributed by atoms with E-state index in [4.69, 9.17) is 0 Å². The summed E-state index contributed by atoms with van der Waals surface area (Å²) in [5.41, 5.74) is 10.4. The lowest BCUT2D eigenvalue weighted by molar-refractivity contribution is 1.34. The Balaban J connectivity index is 2.12. The van der Waals surface area contributed by atoms with Crippen molar-refractivity contribution in [1.82, 2.24) is 0 Å². The lowest BCUT2D eigenvalue weighted by Gasteiger charge is -2.21. The Hall–Kier alpha value is -3.12. The van der Waals surface area contributed by atoms with Crippen molar-refractivity contribution in [3.63, 3.8) is 0 Å². The minimum Gasteiger partial charge on any atom is -0.0622 e. The lowest BCUT2D eigenvalue weighted by atomic mass is 9.83. The number of benzene rings is 4. The van der Waals surface area contributed by atoms with E-state index in [1.165, 1.54) is 44.5 Å². The van der Waals surface area contributed by atoms with Gasteiger partial charge in [0.15, 0.2) is 0 Å². The summed E-state index contributed by atoms with van der Waals surface area (Å²) in [7, 11) is 0. The molecule has 0 aliphatic rings. The zero-order chi connectivity index (χ0) is 17.9. The first-order chi connectivity index (χ1) is 12.8. The van der Waals surface area contributed by atoms with E-state index in [2.05, 4.69) is 111 Å². The van der Waals surface area contributed by atoms with E-state index in [0.717, 1.165) is 0 Å². The second kappa shape index (κ2) is 7.01. The number of hydrogen-bond acceptors (Lipinski definition) is 0. The van der Waals surface area contributed by atoms with Crippen molar-refractivity contribution >= 4 is 0 Å². The van der Waals surface area contributed by atoms with Gasteiger partial charge in [-0.25, -0.2) is 0 Å². The molecule has 0 atom stereocenters. The molecule has 4 aromatic rings. The van der Waals surface area contributed by atoms with Crippen LogP contribution in [0.2, 0.25) is 0 Å². The first kappa shape index (κ1) is 16.4. The molecule has 0 nitrogen and oxygen atoms in total. The van der Waals surface area contributed by atoms with Crippen LogP contribution < -0.4 is 0 Å². The third kappa shape index (κ3) is 2.95. The van der Waals surface area contributed by atoms with Gasteiger partial charge in [-0.15, -0.1) is 0 Å². The summed E-state index contributed by atoms with van der Waals surface area (Å²) in [6, 6.07) is 34.5. The molecule has 4 aromatic carbocycles. The van der Waals surface area contributed by atoms with E-state index < -0.39 is 0 Å². The molecule has 0 amide bonds. The molecule has 0 bridgehead atoms. The summed E-state index contributed by atoms with van der Waals surface area (Å²) in [4.78, 5) is 0. The number of rotatable bonds is 3. The van der Waals surface area contributed by atoms with E-state index in [-0.39, 0.29) is 0 Å². The Kier molecular flexibility index (Phi) is 4.41. The van der Waals surface area contributed by atoms with Crippen molar-refractivity contribution in [1.29, 1.82) is 0 Å². The minimum atomic E-state index is 1.26. The molecule has 0 radical (unpaired) electrons. The van der Waals surface area contributed by atoms with E-state index in [1.54, 1.807) is 0 Å². The fourth-order valence-corrected chi connectivity index (χ4v) is 3.63. The second-order valence-electron chi connectivity index (χ2n) is 6.71. The van der Waals surface area contributed by atoms with Crippen molar-refractivity contribution in [2.75, 3.05) is 0 Å². The highest BCUT2D eigenvalue weighted by atomic mass is 14.2. The largest absolute Gasteiger partial charge is 0.0622 e. The van der Waals surface area contributed by atoms with Gasteiger partial charge in [0.2, 0.25) is 0 Å². The quantitative estimate of drug-likeness (QED) is 0.368. The monoisotopic (exact) mass is 334 g/mol. The average Bonchev–Trinajstić information content (AvgIpc) is 2.71. The molecule has 0 saturated carbocycles. The predicted octanol–water partition coefficient (Wildman–Crippen LogP) is 7.30. The molecule has 126 valence electrons. The van der Waals surface area contributed by atoms with Gasteiger partial charge in [0.25, 0.3) is 0 Å². The Morgan fingerprint density at radius 1 is 0.462 bits per heavy atom. The molecule has 4 rings (SSSR count). The van der Waals surface area contributed by atoms with Gasteiger partial charge in [-0.05, 0) is 58.4 Å². The first-order valence-corrected chi connectivity index (χ1v) is 9.06. The maximum Gasteiger partial charge on any atom is -0.00240 e. The Morgan fingerprint density at radius 3 is 1.38 bits per heavy atom. The van der Waals surface area contributed by atoms with Crippen LogP contribution in [-0.4, -0.2) is 0 Å². The fraction of sp³-hybridized carbons (Fsp3) is 0.0769. The van der Waals surface area contributed by atoms with Gasteiger partial charge in [-0.3, -0.25) is 0 Å². The van der Waals surface area contributed by atoms with Gasteiger partial charge in [0.1, 0.15) is 0 Å². The van der Waals surface area contributed by atoms with Crippen LogP contribution in [0.1, 0.15) is 11.1 Å². The molecule has 0 aliphatic heterocycles. The van der Waals surface area contributed by atoms with Crippen molar-refractivity contribution in [2.45, 2.75) is 13.8 Å². The zero-order valence-corrected chi connectivity index (χ0v) is 15.2. The molecule has 0 aliphatic carbocycles. The van der Waals surface area contributed by atoms with Crippen molar-refractivity contribution < 1.29 is 0 Å². The fourth-order valence-electron chi connectivity index (χ4n) is 3.63. The topological polar surface area (TPSA) is 0 Å². The number of aryl methyl sites for hydroxylation is 1. The highest BCUT2D eigenvalue weighted by molar-refractivity contribution is 5.96. The van der Waals surface area contributed by atoms with Crippen LogP contribution in [-0.2, 0) is 0 Å². The highest BCUT2D eigenvalue weighted by Crippen LogP contribution is 2.43. The van der Waals surface area contributed by atoms with Crippen LogP contribution in [0.3, 0.4) is 0 Å². The van der Waals surface area contributed by atoms with Gasteiger partial charge in [0.05, 0.1) is 0 Å². The second-order valence-corrected chi connectivity index (χ2v) is 6.71. The van der Waals surface area contributed by atoms with Crippen LogP contribution in [0.5, 0.6) is 0 Å². The van der Waals surface area contributed by atoms with Crippen LogP contribution in [0.4, 0.5) is 0 Å². The molecule has 0 heteroatoms. The summed E-state index contributed by atoms with van der Waals surface area (Å²) >= 11 is 0. The van der Waals surface area contributed by atoms with Crippen LogP contribution >= 0.6 is 0 Å². The van der Waals surface area contributed by atoms with E-state index in [1.807, 2.05) is 0 Å². The maximum absolute atomic E-state index is 2.33. The first-order valence-electron chi connectivity index (χ1n) is 9.06. The Morgan fingerprint density at radius 2 is 0.885 bits per heavy atom. The molecule has 0 saturated heterocycles. The summed E-state index contributed by atoms with van der Waals surface area (Å²) in [6.07, 6.45) is 0. The standard InChI is InChI=1S/C26H22/c1-19-18-24(21-12-6-3-7-13-21)26(23-16-10-5-11-17-23)25(20(19)2)22-14-8-4-9-15-22/h3-18H,1-2H3. The molecule has 0 N–H and O–H groups in total. The third-order valence-corrected chi connectivity index (χ3v) is 5.06. The van der Waals surface area contributed by atoms with Gasteiger partial charge in [-0.2, -0.15) is 0 Å². The third-order valence-electron chi connectivity index (χ3n) is 5.06. The predicted molar refractivity (Wildman–Crippen MR) is 112 cm³/mol. The van der Waals surface area contributed by atoms with Crippen LogP contribution in [0.25, 0.3) is 33.4 Å². The van der Waals surface area contributed by atoms with Crippen molar-refractivity contribution in [2.24, 2.45) is 0 Å². The lowest BCUT2D eigenvalue weighted by Crippen LogP contribution is -1.96. The SMILES string of the molecule is Cc1cc(-c2ccccc2)c(-c2ccccc2)c(-c2ccccc2)c1C. The van der Waals surface area contributed by atoms with Crippen molar-refractivity contribution in [3.8, 4) is 33.4 Å². The summed E-state index contributed by atoms with van der Waals surface area (Å²) in [6.45, 7) is 4.45. The molecule has 0 unspecified atom stereocenters. The zero-order valence-electron chi connectivity index (χ0n) is 15.2. The maximum atomic E-state index is 2.33. The van der Waals surface area contributed by atoms with Crippen LogP contribution in [0, 0.1) is 13.8 Å². The summed E-state index contributed by atoms with van der Waals surface area (Å²) in [5.74, 6) is 0. The van der Waals surface area contributed by atoms with Gasteiger partial charge in [-0.1, -0.05) is 97.1 Å². The van der Waals surface area contributed by atoms with E-state index in [0.29, 0.717) is 0 Å². The Labute approximate surface area is 155 Å². The normalized spacial score (nSPS) is 10.7. The molecule has 0 aromatic heterocycles. The number of hydrogen-bond donors (Lipinski definition) is 0. The highest BCUT2D eigenvalue weighted by Gasteiger charge is 2.17. The van der Waals surface area contributed by atoms with Crippen LogP contribution in [0.15, 0.2) is 97.1 Å². The average molecular weight is 334 g/mol. The smallest absolute Gasteiger partial charge is 0.00240 e. The molecule has 0 spiro atoms. The van der Waals surface area contributed by atoms with E-state index in [9.17, 15) is 0 Å². The molecule has 0 heterocycles. The molecule has 26 heavy (non-hydrogen) atoms. The molecular formula is C26H22.